The van der Waals surface area contributed by atoms with Crippen molar-refractivity contribution >= 4 is 17.2 Å². The molecule has 3 unspecified atom stereocenters. The number of hydrogen-bond donors (Lipinski definition) is 2. The molecule has 0 radical (unpaired) electrons. The molecule has 1 aromatic heterocycles. The monoisotopic (exact) mass is 250 g/mol. The van der Waals surface area contributed by atoms with E-state index in [1.807, 2.05) is 19.1 Å². The number of thiophene rings is 1. The van der Waals surface area contributed by atoms with Crippen LogP contribution in [0, 0.1) is 5.92 Å². The second-order valence-corrected chi connectivity index (χ2v) is 5.42. The Labute approximate surface area is 106 Å². The minimum absolute atomic E-state index is 0.0397. The van der Waals surface area contributed by atoms with Gasteiger partial charge in [-0.05, 0) is 42.2 Å². The number of hydrogen-bond acceptors (Lipinski definition) is 3. The highest BCUT2D eigenvalue weighted by Crippen LogP contribution is 2.17. The first-order valence-electron chi connectivity index (χ1n) is 5.90. The molecule has 1 heterocycles. The molecule has 17 heavy (non-hydrogen) atoms. The van der Waals surface area contributed by atoms with Gasteiger partial charge in [0.15, 0.2) is 0 Å². The van der Waals surface area contributed by atoms with E-state index in [4.69, 9.17) is 5.73 Å². The Hall–Kier alpha value is -1.13. The summed E-state index contributed by atoms with van der Waals surface area (Å²) in [6, 6.07) is 2.30. The smallest absolute Gasteiger partial charge is 0.227 e. The van der Waals surface area contributed by atoms with Crippen LogP contribution in [0.15, 0.2) is 29.0 Å². The van der Waals surface area contributed by atoms with Gasteiger partial charge in [0.1, 0.15) is 0 Å². The fourth-order valence-corrected chi connectivity index (χ4v) is 2.77. The van der Waals surface area contributed by atoms with E-state index in [1.54, 1.807) is 11.3 Å². The third-order valence-electron chi connectivity index (χ3n) is 2.96. The van der Waals surface area contributed by atoms with E-state index >= 15 is 0 Å². The lowest BCUT2D eigenvalue weighted by atomic mass is 10.1. The van der Waals surface area contributed by atoms with Crippen LogP contribution in [0.2, 0.25) is 0 Å². The van der Waals surface area contributed by atoms with Crippen molar-refractivity contribution < 1.29 is 4.79 Å². The molecule has 3 atom stereocenters. The second-order valence-electron chi connectivity index (χ2n) is 4.64. The van der Waals surface area contributed by atoms with E-state index in [0.29, 0.717) is 0 Å². The van der Waals surface area contributed by atoms with Crippen LogP contribution in [0.5, 0.6) is 0 Å². The predicted molar refractivity (Wildman–Crippen MR) is 70.9 cm³/mol. The van der Waals surface area contributed by atoms with Gasteiger partial charge in [-0.15, -0.1) is 0 Å². The lowest BCUT2D eigenvalue weighted by Gasteiger charge is -2.16. The van der Waals surface area contributed by atoms with Gasteiger partial charge in [0.2, 0.25) is 5.91 Å². The van der Waals surface area contributed by atoms with Crippen molar-refractivity contribution in [2.45, 2.75) is 31.8 Å². The summed E-state index contributed by atoms with van der Waals surface area (Å²) < 4.78 is 0. The van der Waals surface area contributed by atoms with Crippen molar-refractivity contribution in [1.82, 2.24) is 5.32 Å². The highest BCUT2D eigenvalue weighted by molar-refractivity contribution is 7.07. The average molecular weight is 250 g/mol. The van der Waals surface area contributed by atoms with Crippen LogP contribution in [0.3, 0.4) is 0 Å². The topological polar surface area (TPSA) is 55.1 Å². The fraction of sp³-hybridized carbons (Fsp3) is 0.462. The van der Waals surface area contributed by atoms with Gasteiger partial charge < -0.3 is 11.1 Å². The summed E-state index contributed by atoms with van der Waals surface area (Å²) in [6.07, 6.45) is 5.44. The van der Waals surface area contributed by atoms with Crippen molar-refractivity contribution in [3.05, 3.63) is 34.5 Å². The van der Waals surface area contributed by atoms with Crippen LogP contribution >= 0.6 is 11.3 Å². The largest absolute Gasteiger partial charge is 0.353 e. The summed E-state index contributed by atoms with van der Waals surface area (Å²) in [6.45, 7) is 2.04. The van der Waals surface area contributed by atoms with Crippen molar-refractivity contribution in [1.29, 1.82) is 0 Å². The fourth-order valence-electron chi connectivity index (χ4n) is 2.08. The second kappa shape index (κ2) is 5.47. The molecule has 92 valence electrons. The van der Waals surface area contributed by atoms with E-state index in [1.165, 1.54) is 5.56 Å². The van der Waals surface area contributed by atoms with Gasteiger partial charge in [0, 0.05) is 12.1 Å². The number of rotatable bonds is 4. The normalized spacial score (nSPS) is 24.8. The van der Waals surface area contributed by atoms with Gasteiger partial charge in [-0.1, -0.05) is 12.2 Å². The van der Waals surface area contributed by atoms with Crippen LogP contribution in [0.25, 0.3) is 0 Å². The summed E-state index contributed by atoms with van der Waals surface area (Å²) in [5.41, 5.74) is 7.02. The summed E-state index contributed by atoms with van der Waals surface area (Å²) in [5.74, 6) is 0.0480. The molecule has 0 aliphatic heterocycles. The van der Waals surface area contributed by atoms with Crippen molar-refractivity contribution in [3.8, 4) is 0 Å². The third kappa shape index (κ3) is 3.41. The number of nitrogens with two attached hydrogens (primary N) is 1. The molecular formula is C13H18N2OS. The standard InChI is InChI=1S/C13H18N2OS/c1-9(6-10-4-5-17-8-10)15-13(16)11-2-3-12(14)7-11/h2-5,8-9,11-12H,6-7,14H2,1H3,(H,15,16). The zero-order chi connectivity index (χ0) is 12.3. The van der Waals surface area contributed by atoms with E-state index in [9.17, 15) is 4.79 Å². The molecule has 1 aliphatic carbocycles. The highest BCUT2D eigenvalue weighted by atomic mass is 32.1. The SMILES string of the molecule is CC(Cc1ccsc1)NC(=O)C1C=CC(N)C1. The molecule has 3 nitrogen and oxygen atoms in total. The molecule has 1 aliphatic rings. The average Bonchev–Trinajstić information content (AvgIpc) is 2.89. The minimum atomic E-state index is -0.0464. The molecule has 1 amide bonds. The van der Waals surface area contributed by atoms with E-state index in [2.05, 4.69) is 22.1 Å². The summed E-state index contributed by atoms with van der Waals surface area (Å²) >= 11 is 1.69. The van der Waals surface area contributed by atoms with Crippen LogP contribution in [0.1, 0.15) is 18.9 Å². The predicted octanol–water partition coefficient (Wildman–Crippen LogP) is 1.70. The Kier molecular flexibility index (Phi) is 3.97. The molecule has 0 saturated carbocycles. The van der Waals surface area contributed by atoms with Crippen LogP contribution in [-0.4, -0.2) is 18.0 Å². The maximum atomic E-state index is 11.9. The maximum absolute atomic E-state index is 11.9. The van der Waals surface area contributed by atoms with Gasteiger partial charge in [0.25, 0.3) is 0 Å². The zero-order valence-electron chi connectivity index (χ0n) is 9.93. The van der Waals surface area contributed by atoms with Gasteiger partial charge >= 0.3 is 0 Å². The van der Waals surface area contributed by atoms with Crippen molar-refractivity contribution in [2.24, 2.45) is 11.7 Å². The van der Waals surface area contributed by atoms with E-state index in [-0.39, 0.29) is 23.9 Å². The first-order valence-corrected chi connectivity index (χ1v) is 6.85. The molecule has 3 N–H and O–H groups in total. The quantitative estimate of drug-likeness (QED) is 0.799. The molecule has 0 spiro atoms. The van der Waals surface area contributed by atoms with Crippen molar-refractivity contribution in [3.63, 3.8) is 0 Å². The molecule has 0 aromatic carbocycles. The number of amides is 1. The van der Waals surface area contributed by atoms with Gasteiger partial charge in [-0.25, -0.2) is 0 Å². The number of carbonyl (C=O) groups is 1. The highest BCUT2D eigenvalue weighted by Gasteiger charge is 2.23. The molecule has 1 aromatic rings. The Balaban J connectivity index is 1.80. The summed E-state index contributed by atoms with van der Waals surface area (Å²) in [4.78, 5) is 11.9. The number of carbonyl (C=O) groups excluding carboxylic acids is 1. The summed E-state index contributed by atoms with van der Waals surface area (Å²) in [7, 11) is 0. The molecular weight excluding hydrogens is 232 g/mol. The third-order valence-corrected chi connectivity index (χ3v) is 3.70. The van der Waals surface area contributed by atoms with E-state index < -0.39 is 0 Å². The lowest BCUT2D eigenvalue weighted by Crippen LogP contribution is -2.38. The summed E-state index contributed by atoms with van der Waals surface area (Å²) in [5, 5.41) is 7.22. The molecule has 4 heteroatoms. The minimum Gasteiger partial charge on any atom is -0.353 e. The van der Waals surface area contributed by atoms with Gasteiger partial charge in [-0.3, -0.25) is 4.79 Å². The Morgan fingerprint density at radius 2 is 2.47 bits per heavy atom. The van der Waals surface area contributed by atoms with Gasteiger partial charge in [0.05, 0.1) is 5.92 Å². The lowest BCUT2D eigenvalue weighted by molar-refractivity contribution is -0.124. The molecule has 0 saturated heterocycles. The zero-order valence-corrected chi connectivity index (χ0v) is 10.7. The Bertz CT molecular complexity index is 400. The Morgan fingerprint density at radius 3 is 3.06 bits per heavy atom. The first-order chi connectivity index (χ1) is 8.15. The number of nitrogens with one attached hydrogen (secondary N) is 1. The van der Waals surface area contributed by atoms with Crippen LogP contribution in [-0.2, 0) is 11.2 Å². The molecule has 0 fully saturated rings. The Morgan fingerprint density at radius 1 is 1.65 bits per heavy atom. The van der Waals surface area contributed by atoms with Crippen molar-refractivity contribution in [2.75, 3.05) is 0 Å². The molecule has 2 rings (SSSR count). The molecule has 0 bridgehead atoms. The van der Waals surface area contributed by atoms with Crippen LogP contribution in [0.4, 0.5) is 0 Å². The first kappa shape index (κ1) is 12.3. The van der Waals surface area contributed by atoms with Gasteiger partial charge in [-0.2, -0.15) is 11.3 Å². The van der Waals surface area contributed by atoms with Crippen LogP contribution < -0.4 is 11.1 Å². The van der Waals surface area contributed by atoms with E-state index in [0.717, 1.165) is 12.8 Å². The maximum Gasteiger partial charge on any atom is 0.227 e.